The van der Waals surface area contributed by atoms with Gasteiger partial charge < -0.3 is 14.8 Å². The van der Waals surface area contributed by atoms with E-state index < -0.39 is 0 Å². The monoisotopic (exact) mass is 251 g/mol. The van der Waals surface area contributed by atoms with E-state index in [2.05, 4.69) is 32.2 Å². The number of ether oxygens (including phenoxy) is 2. The van der Waals surface area contributed by atoms with Gasteiger partial charge in [0.2, 0.25) is 0 Å². The van der Waals surface area contributed by atoms with Crippen LogP contribution in [0.1, 0.15) is 32.8 Å². The van der Waals surface area contributed by atoms with E-state index in [1.54, 1.807) is 14.2 Å². The molecule has 0 bridgehead atoms. The molecule has 0 unspecified atom stereocenters. The van der Waals surface area contributed by atoms with Crippen LogP contribution in [0.15, 0.2) is 18.2 Å². The van der Waals surface area contributed by atoms with Crippen LogP contribution in [0, 0.1) is 5.41 Å². The highest BCUT2D eigenvalue weighted by Crippen LogP contribution is 2.27. The molecule has 0 aliphatic rings. The van der Waals surface area contributed by atoms with Crippen molar-refractivity contribution in [3.63, 3.8) is 0 Å². The third-order valence-corrected chi connectivity index (χ3v) is 3.34. The van der Waals surface area contributed by atoms with Gasteiger partial charge in [0.15, 0.2) is 11.5 Å². The van der Waals surface area contributed by atoms with Crippen LogP contribution in [-0.4, -0.2) is 20.8 Å². The van der Waals surface area contributed by atoms with E-state index in [9.17, 15) is 0 Å². The maximum Gasteiger partial charge on any atom is 0.161 e. The molecule has 0 spiro atoms. The van der Waals surface area contributed by atoms with Crippen molar-refractivity contribution in [1.29, 1.82) is 0 Å². The van der Waals surface area contributed by atoms with Crippen LogP contribution in [0.25, 0.3) is 0 Å². The molecule has 0 saturated heterocycles. The van der Waals surface area contributed by atoms with Crippen LogP contribution in [0.2, 0.25) is 0 Å². The summed E-state index contributed by atoms with van der Waals surface area (Å²) in [6.45, 7) is 8.63. The second kappa shape index (κ2) is 6.64. The maximum atomic E-state index is 5.29. The highest BCUT2D eigenvalue weighted by atomic mass is 16.5. The first-order chi connectivity index (χ1) is 8.52. The Labute approximate surface area is 110 Å². The molecule has 1 rings (SSSR count). The molecule has 18 heavy (non-hydrogen) atoms. The fraction of sp³-hybridized carbons (Fsp3) is 0.600. The Balaban J connectivity index is 2.58. The van der Waals surface area contributed by atoms with E-state index >= 15 is 0 Å². The molecule has 0 fully saturated rings. The van der Waals surface area contributed by atoms with Crippen LogP contribution in [0.3, 0.4) is 0 Å². The largest absolute Gasteiger partial charge is 0.493 e. The van der Waals surface area contributed by atoms with Crippen molar-refractivity contribution in [2.24, 2.45) is 5.41 Å². The third kappa shape index (κ3) is 4.22. The molecule has 0 radical (unpaired) electrons. The Hall–Kier alpha value is -1.22. The normalized spacial score (nSPS) is 11.4. The van der Waals surface area contributed by atoms with Gasteiger partial charge in [-0.15, -0.1) is 0 Å². The Morgan fingerprint density at radius 1 is 1.11 bits per heavy atom. The molecule has 0 saturated carbocycles. The number of methoxy groups -OCH3 is 2. The van der Waals surface area contributed by atoms with Gasteiger partial charge in [0.1, 0.15) is 0 Å². The topological polar surface area (TPSA) is 30.5 Å². The van der Waals surface area contributed by atoms with Crippen LogP contribution in [-0.2, 0) is 6.54 Å². The molecule has 1 aromatic carbocycles. The van der Waals surface area contributed by atoms with Gasteiger partial charge in [-0.1, -0.05) is 26.8 Å². The van der Waals surface area contributed by atoms with E-state index in [-0.39, 0.29) is 0 Å². The number of rotatable bonds is 7. The second-order valence-electron chi connectivity index (χ2n) is 5.31. The molecule has 3 nitrogen and oxygen atoms in total. The zero-order chi connectivity index (χ0) is 13.6. The number of hydrogen-bond acceptors (Lipinski definition) is 3. The zero-order valence-electron chi connectivity index (χ0n) is 12.2. The predicted octanol–water partition coefficient (Wildman–Crippen LogP) is 3.23. The molecular weight excluding hydrogens is 226 g/mol. The van der Waals surface area contributed by atoms with Crippen LogP contribution in [0.4, 0.5) is 0 Å². The Morgan fingerprint density at radius 3 is 2.33 bits per heavy atom. The quantitative estimate of drug-likeness (QED) is 0.807. The van der Waals surface area contributed by atoms with Crippen LogP contribution in [0.5, 0.6) is 11.5 Å². The minimum absolute atomic E-state index is 0.344. The van der Waals surface area contributed by atoms with Gasteiger partial charge in [0.05, 0.1) is 14.2 Å². The van der Waals surface area contributed by atoms with Crippen molar-refractivity contribution in [1.82, 2.24) is 5.32 Å². The number of hydrogen-bond donors (Lipinski definition) is 1. The summed E-state index contributed by atoms with van der Waals surface area (Å²) in [7, 11) is 3.31. The minimum atomic E-state index is 0.344. The highest BCUT2D eigenvalue weighted by Gasteiger charge is 2.14. The molecule has 102 valence electrons. The molecule has 0 aromatic heterocycles. The van der Waals surface area contributed by atoms with Crippen molar-refractivity contribution in [3.05, 3.63) is 23.8 Å². The summed E-state index contributed by atoms with van der Waals surface area (Å²) in [5, 5.41) is 3.49. The summed E-state index contributed by atoms with van der Waals surface area (Å²) in [6.07, 6.45) is 1.17. The van der Waals surface area contributed by atoms with Gasteiger partial charge in [0.25, 0.3) is 0 Å². The molecule has 1 N–H and O–H groups in total. The zero-order valence-corrected chi connectivity index (χ0v) is 12.2. The summed E-state index contributed by atoms with van der Waals surface area (Å²) in [6, 6.07) is 6.03. The minimum Gasteiger partial charge on any atom is -0.493 e. The predicted molar refractivity (Wildman–Crippen MR) is 75.3 cm³/mol. The van der Waals surface area contributed by atoms with Gasteiger partial charge in [-0.2, -0.15) is 0 Å². The smallest absolute Gasteiger partial charge is 0.161 e. The van der Waals surface area contributed by atoms with E-state index in [1.807, 2.05) is 12.1 Å². The van der Waals surface area contributed by atoms with E-state index in [1.165, 1.54) is 12.0 Å². The van der Waals surface area contributed by atoms with Crippen molar-refractivity contribution >= 4 is 0 Å². The highest BCUT2D eigenvalue weighted by molar-refractivity contribution is 5.42. The molecule has 3 heteroatoms. The average Bonchev–Trinajstić information content (AvgIpc) is 2.38. The summed E-state index contributed by atoms with van der Waals surface area (Å²) in [4.78, 5) is 0. The molecule has 0 aliphatic carbocycles. The number of benzene rings is 1. The molecule has 0 aliphatic heterocycles. The maximum absolute atomic E-state index is 5.29. The van der Waals surface area contributed by atoms with Crippen molar-refractivity contribution in [2.75, 3.05) is 20.8 Å². The molecule has 0 amide bonds. The van der Waals surface area contributed by atoms with Crippen molar-refractivity contribution in [2.45, 2.75) is 33.7 Å². The lowest BCUT2D eigenvalue weighted by atomic mass is 9.90. The first-order valence-corrected chi connectivity index (χ1v) is 6.44. The lowest BCUT2D eigenvalue weighted by Gasteiger charge is -2.23. The summed E-state index contributed by atoms with van der Waals surface area (Å²) in [5.74, 6) is 1.56. The molecule has 0 atom stereocenters. The van der Waals surface area contributed by atoms with Gasteiger partial charge in [-0.05, 0) is 29.5 Å². The van der Waals surface area contributed by atoms with Gasteiger partial charge in [-0.3, -0.25) is 0 Å². The van der Waals surface area contributed by atoms with Gasteiger partial charge in [0, 0.05) is 13.1 Å². The Kier molecular flexibility index (Phi) is 5.48. The summed E-state index contributed by atoms with van der Waals surface area (Å²) in [5.41, 5.74) is 1.55. The fourth-order valence-electron chi connectivity index (χ4n) is 1.66. The third-order valence-electron chi connectivity index (χ3n) is 3.34. The molecular formula is C15H25NO2. The molecule has 0 heterocycles. The molecule has 1 aromatic rings. The fourth-order valence-corrected chi connectivity index (χ4v) is 1.66. The van der Waals surface area contributed by atoms with Crippen LogP contribution >= 0.6 is 0 Å². The standard InChI is InChI=1S/C15H25NO2/c1-6-15(2,3)11-16-10-12-7-8-13(17-4)14(9-12)18-5/h7-9,16H,6,10-11H2,1-5H3. The van der Waals surface area contributed by atoms with Crippen molar-refractivity contribution in [3.8, 4) is 11.5 Å². The first-order valence-electron chi connectivity index (χ1n) is 6.44. The van der Waals surface area contributed by atoms with Crippen molar-refractivity contribution < 1.29 is 9.47 Å². The lowest BCUT2D eigenvalue weighted by molar-refractivity contribution is 0.327. The first kappa shape index (κ1) is 14.8. The SMILES string of the molecule is CCC(C)(C)CNCc1ccc(OC)c(OC)c1. The van der Waals surface area contributed by atoms with Gasteiger partial charge >= 0.3 is 0 Å². The lowest BCUT2D eigenvalue weighted by Crippen LogP contribution is -2.28. The summed E-state index contributed by atoms with van der Waals surface area (Å²) < 4.78 is 10.5. The summed E-state index contributed by atoms with van der Waals surface area (Å²) >= 11 is 0. The van der Waals surface area contributed by atoms with E-state index in [0.29, 0.717) is 5.41 Å². The van der Waals surface area contributed by atoms with E-state index in [4.69, 9.17) is 9.47 Å². The second-order valence-corrected chi connectivity index (χ2v) is 5.31. The van der Waals surface area contributed by atoms with E-state index in [0.717, 1.165) is 24.6 Å². The Morgan fingerprint density at radius 2 is 1.78 bits per heavy atom. The Bertz CT molecular complexity index is 375. The number of nitrogens with one attached hydrogen (secondary N) is 1. The van der Waals surface area contributed by atoms with Crippen LogP contribution < -0.4 is 14.8 Å². The average molecular weight is 251 g/mol. The van der Waals surface area contributed by atoms with Gasteiger partial charge in [-0.25, -0.2) is 0 Å².